The first-order chi connectivity index (χ1) is 9.61. The standard InChI is InChI=1S/C16H25NO3/c1-4-19-16-8-6-5-7-14(16)15(18)10-17-9-13(3)20-11-12(17)2/h5-8,12-13,15,18H,4,9-11H2,1-3H3. The molecule has 112 valence electrons. The molecule has 0 bridgehead atoms. The van der Waals surface area contributed by atoms with Gasteiger partial charge >= 0.3 is 0 Å². The lowest BCUT2D eigenvalue weighted by Crippen LogP contribution is -2.48. The lowest BCUT2D eigenvalue weighted by molar-refractivity contribution is -0.0621. The van der Waals surface area contributed by atoms with Crippen molar-refractivity contribution in [2.75, 3.05) is 26.3 Å². The molecule has 0 amide bonds. The highest BCUT2D eigenvalue weighted by Gasteiger charge is 2.26. The number of β-amino-alcohol motifs (C(OH)–C–C–N with tert-alkyl or cyclic N) is 1. The largest absolute Gasteiger partial charge is 0.493 e. The zero-order chi connectivity index (χ0) is 14.5. The Hall–Kier alpha value is -1.10. The molecule has 0 aliphatic carbocycles. The van der Waals surface area contributed by atoms with Crippen LogP contribution < -0.4 is 4.74 Å². The van der Waals surface area contributed by atoms with Crippen LogP contribution in [0, 0.1) is 0 Å². The summed E-state index contributed by atoms with van der Waals surface area (Å²) in [6.07, 6.45) is -0.314. The number of aliphatic hydroxyl groups is 1. The number of aliphatic hydroxyl groups excluding tert-OH is 1. The van der Waals surface area contributed by atoms with Crippen molar-refractivity contribution in [1.82, 2.24) is 4.90 Å². The molecular formula is C16H25NO3. The van der Waals surface area contributed by atoms with Crippen LogP contribution in [0.5, 0.6) is 5.75 Å². The van der Waals surface area contributed by atoms with Crippen LogP contribution in [0.3, 0.4) is 0 Å². The summed E-state index contributed by atoms with van der Waals surface area (Å²) < 4.78 is 11.2. The molecule has 3 atom stereocenters. The second-order valence-electron chi connectivity index (χ2n) is 5.43. The van der Waals surface area contributed by atoms with Gasteiger partial charge in [0.2, 0.25) is 0 Å². The fourth-order valence-electron chi connectivity index (χ4n) is 2.59. The van der Waals surface area contributed by atoms with Crippen molar-refractivity contribution in [2.24, 2.45) is 0 Å². The summed E-state index contributed by atoms with van der Waals surface area (Å²) in [5.41, 5.74) is 0.862. The molecule has 1 heterocycles. The molecule has 0 saturated carbocycles. The van der Waals surface area contributed by atoms with E-state index in [2.05, 4.69) is 18.7 Å². The second-order valence-corrected chi connectivity index (χ2v) is 5.43. The van der Waals surface area contributed by atoms with Gasteiger partial charge in [0.1, 0.15) is 5.75 Å². The minimum absolute atomic E-state index is 0.223. The smallest absolute Gasteiger partial charge is 0.125 e. The van der Waals surface area contributed by atoms with Crippen LogP contribution in [-0.4, -0.2) is 48.5 Å². The van der Waals surface area contributed by atoms with Crippen LogP contribution in [0.15, 0.2) is 24.3 Å². The Morgan fingerprint density at radius 1 is 1.40 bits per heavy atom. The Bertz CT molecular complexity index is 424. The average Bonchev–Trinajstić information content (AvgIpc) is 2.44. The molecule has 1 N–H and O–H groups in total. The molecule has 1 aliphatic heterocycles. The molecule has 0 radical (unpaired) electrons. The van der Waals surface area contributed by atoms with Crippen molar-refractivity contribution in [3.05, 3.63) is 29.8 Å². The summed E-state index contributed by atoms with van der Waals surface area (Å²) in [5, 5.41) is 10.5. The van der Waals surface area contributed by atoms with Crippen molar-refractivity contribution in [3.8, 4) is 5.75 Å². The maximum absolute atomic E-state index is 10.5. The lowest BCUT2D eigenvalue weighted by atomic mass is 10.1. The first-order valence-corrected chi connectivity index (χ1v) is 7.37. The molecular weight excluding hydrogens is 254 g/mol. The highest BCUT2D eigenvalue weighted by Crippen LogP contribution is 2.27. The number of ether oxygens (including phenoxy) is 2. The highest BCUT2D eigenvalue weighted by molar-refractivity contribution is 5.35. The molecule has 1 fully saturated rings. The number of rotatable bonds is 5. The molecule has 4 nitrogen and oxygen atoms in total. The summed E-state index contributed by atoms with van der Waals surface area (Å²) in [5.74, 6) is 0.775. The third kappa shape index (κ3) is 3.72. The Kier molecular flexibility index (Phi) is 5.40. The SMILES string of the molecule is CCOc1ccccc1C(O)CN1CC(C)OCC1C. The Balaban J connectivity index is 2.05. The summed E-state index contributed by atoms with van der Waals surface area (Å²) in [6, 6.07) is 8.05. The Labute approximate surface area is 121 Å². The van der Waals surface area contributed by atoms with Crippen molar-refractivity contribution in [1.29, 1.82) is 0 Å². The summed E-state index contributed by atoms with van der Waals surface area (Å²) in [4.78, 5) is 2.28. The van der Waals surface area contributed by atoms with E-state index in [4.69, 9.17) is 9.47 Å². The molecule has 3 unspecified atom stereocenters. The van der Waals surface area contributed by atoms with Crippen molar-refractivity contribution >= 4 is 0 Å². The van der Waals surface area contributed by atoms with Gasteiger partial charge in [0.05, 0.1) is 25.4 Å². The van der Waals surface area contributed by atoms with Crippen molar-refractivity contribution < 1.29 is 14.6 Å². The highest BCUT2D eigenvalue weighted by atomic mass is 16.5. The third-order valence-electron chi connectivity index (χ3n) is 3.72. The molecule has 20 heavy (non-hydrogen) atoms. The number of para-hydroxylation sites is 1. The van der Waals surface area contributed by atoms with E-state index < -0.39 is 6.10 Å². The van der Waals surface area contributed by atoms with E-state index in [1.165, 1.54) is 0 Å². The maximum atomic E-state index is 10.5. The van der Waals surface area contributed by atoms with Crippen molar-refractivity contribution in [2.45, 2.75) is 39.0 Å². The predicted octanol–water partition coefficient (Wildman–Crippen LogP) is 2.23. The maximum Gasteiger partial charge on any atom is 0.125 e. The van der Waals surface area contributed by atoms with Gasteiger partial charge < -0.3 is 14.6 Å². The van der Waals surface area contributed by atoms with Gasteiger partial charge in [0.25, 0.3) is 0 Å². The van der Waals surface area contributed by atoms with E-state index in [9.17, 15) is 5.11 Å². The average molecular weight is 279 g/mol. The van der Waals surface area contributed by atoms with Crippen LogP contribution in [0.4, 0.5) is 0 Å². The van der Waals surface area contributed by atoms with Crippen molar-refractivity contribution in [3.63, 3.8) is 0 Å². The van der Waals surface area contributed by atoms with Crippen LogP contribution in [0.25, 0.3) is 0 Å². The molecule has 0 aromatic heterocycles. The van der Waals surface area contributed by atoms with Gasteiger partial charge in [-0.1, -0.05) is 18.2 Å². The molecule has 1 aromatic carbocycles. The van der Waals surface area contributed by atoms with Crippen LogP contribution in [0.2, 0.25) is 0 Å². The molecule has 1 aliphatic rings. The molecule has 2 rings (SSSR count). The summed E-state index contributed by atoms with van der Waals surface area (Å²) >= 11 is 0. The first kappa shape index (κ1) is 15.3. The predicted molar refractivity (Wildman–Crippen MR) is 79.0 cm³/mol. The Morgan fingerprint density at radius 2 is 2.15 bits per heavy atom. The van der Waals surface area contributed by atoms with Gasteiger partial charge in [0, 0.05) is 24.7 Å². The molecule has 1 saturated heterocycles. The second kappa shape index (κ2) is 7.07. The van der Waals surface area contributed by atoms with Gasteiger partial charge in [-0.25, -0.2) is 0 Å². The van der Waals surface area contributed by atoms with Gasteiger partial charge in [0.15, 0.2) is 0 Å². The van der Waals surface area contributed by atoms with E-state index in [-0.39, 0.29) is 6.10 Å². The van der Waals surface area contributed by atoms with Gasteiger partial charge in [-0.3, -0.25) is 4.90 Å². The number of morpholine rings is 1. The van der Waals surface area contributed by atoms with Gasteiger partial charge in [-0.2, -0.15) is 0 Å². The number of nitrogens with zero attached hydrogens (tertiary/aromatic N) is 1. The van der Waals surface area contributed by atoms with E-state index in [1.54, 1.807) is 0 Å². The summed E-state index contributed by atoms with van der Waals surface area (Å²) in [6.45, 7) is 8.95. The van der Waals surface area contributed by atoms with E-state index in [0.717, 1.165) is 24.5 Å². The molecule has 0 spiro atoms. The fourth-order valence-corrected chi connectivity index (χ4v) is 2.59. The van der Waals surface area contributed by atoms with Crippen LogP contribution >= 0.6 is 0 Å². The molecule has 4 heteroatoms. The van der Waals surface area contributed by atoms with E-state index in [0.29, 0.717) is 19.2 Å². The van der Waals surface area contributed by atoms with Crippen LogP contribution in [-0.2, 0) is 4.74 Å². The van der Waals surface area contributed by atoms with Gasteiger partial charge in [-0.15, -0.1) is 0 Å². The lowest BCUT2D eigenvalue weighted by Gasteiger charge is -2.38. The van der Waals surface area contributed by atoms with E-state index >= 15 is 0 Å². The minimum atomic E-state index is -0.537. The van der Waals surface area contributed by atoms with Gasteiger partial charge in [-0.05, 0) is 26.8 Å². The first-order valence-electron chi connectivity index (χ1n) is 7.37. The fraction of sp³-hybridized carbons (Fsp3) is 0.625. The monoisotopic (exact) mass is 279 g/mol. The minimum Gasteiger partial charge on any atom is -0.493 e. The zero-order valence-electron chi connectivity index (χ0n) is 12.6. The summed E-state index contributed by atoms with van der Waals surface area (Å²) in [7, 11) is 0. The zero-order valence-corrected chi connectivity index (χ0v) is 12.6. The Morgan fingerprint density at radius 3 is 2.90 bits per heavy atom. The number of hydrogen-bond acceptors (Lipinski definition) is 4. The van der Waals surface area contributed by atoms with Crippen LogP contribution in [0.1, 0.15) is 32.4 Å². The number of hydrogen-bond donors (Lipinski definition) is 1. The third-order valence-corrected chi connectivity index (χ3v) is 3.72. The molecule has 1 aromatic rings. The quantitative estimate of drug-likeness (QED) is 0.897. The number of benzene rings is 1. The normalized spacial score (nSPS) is 25.4. The topological polar surface area (TPSA) is 41.9 Å². The van der Waals surface area contributed by atoms with E-state index in [1.807, 2.05) is 31.2 Å².